The zero-order chi connectivity index (χ0) is 9.84. The average molecular weight is 179 g/mol. The zero-order valence-electron chi connectivity index (χ0n) is 7.83. The Morgan fingerprint density at radius 3 is 2.85 bits per heavy atom. The normalized spacial score (nSPS) is 9.69. The molecule has 0 heterocycles. The van der Waals surface area contributed by atoms with E-state index in [0.717, 1.165) is 5.56 Å². The van der Waals surface area contributed by atoms with Crippen molar-refractivity contribution < 1.29 is 9.53 Å². The molecule has 0 fully saturated rings. The van der Waals surface area contributed by atoms with E-state index in [9.17, 15) is 4.79 Å². The van der Waals surface area contributed by atoms with Crippen LogP contribution in [0.2, 0.25) is 0 Å². The van der Waals surface area contributed by atoms with Crippen molar-refractivity contribution in [2.24, 2.45) is 0 Å². The highest BCUT2D eigenvalue weighted by Crippen LogP contribution is 2.13. The van der Waals surface area contributed by atoms with Crippen LogP contribution in [0.15, 0.2) is 18.2 Å². The van der Waals surface area contributed by atoms with Gasteiger partial charge in [-0.2, -0.15) is 0 Å². The molecule has 0 aromatic heterocycles. The summed E-state index contributed by atoms with van der Waals surface area (Å²) in [5, 5.41) is 0. The maximum absolute atomic E-state index is 11.3. The van der Waals surface area contributed by atoms with Crippen molar-refractivity contribution in [1.82, 2.24) is 0 Å². The molecule has 0 radical (unpaired) electrons. The Kier molecular flexibility index (Phi) is 2.90. The molecule has 0 unspecified atom stereocenters. The fraction of sp³-hybridized carbons (Fsp3) is 0.300. The van der Waals surface area contributed by atoms with Crippen LogP contribution in [0.3, 0.4) is 0 Å². The minimum atomic E-state index is -0.313. The minimum absolute atomic E-state index is 0.313. The number of hydrogen-bond acceptors (Lipinski definition) is 3. The van der Waals surface area contributed by atoms with Crippen LogP contribution in [-0.2, 0) is 4.74 Å². The molecule has 0 aliphatic carbocycles. The summed E-state index contributed by atoms with van der Waals surface area (Å²) < 4.78 is 4.87. The molecule has 0 atom stereocenters. The van der Waals surface area contributed by atoms with Crippen LogP contribution in [0.25, 0.3) is 0 Å². The number of carbonyl (C=O) groups excluding carboxylic acids is 1. The Morgan fingerprint density at radius 1 is 1.54 bits per heavy atom. The maximum Gasteiger partial charge on any atom is 0.338 e. The van der Waals surface area contributed by atoms with E-state index in [1.54, 1.807) is 19.1 Å². The van der Waals surface area contributed by atoms with Gasteiger partial charge in [0.05, 0.1) is 12.2 Å². The summed E-state index contributed by atoms with van der Waals surface area (Å²) in [6.07, 6.45) is 0. The second-order valence-electron chi connectivity index (χ2n) is 2.79. The summed E-state index contributed by atoms with van der Waals surface area (Å²) in [4.78, 5) is 11.3. The van der Waals surface area contributed by atoms with Gasteiger partial charge in [0, 0.05) is 5.69 Å². The number of esters is 1. The van der Waals surface area contributed by atoms with E-state index in [-0.39, 0.29) is 5.97 Å². The third kappa shape index (κ3) is 2.21. The Balaban J connectivity index is 2.99. The standard InChI is InChI=1S/C10H13NO2/c1-3-13-10(12)9-6-8(11)5-4-7(9)2/h4-6H,3,11H2,1-2H3. The number of hydrogen-bond donors (Lipinski definition) is 1. The lowest BCUT2D eigenvalue weighted by Gasteiger charge is -2.05. The predicted octanol–water partition coefficient (Wildman–Crippen LogP) is 1.75. The molecule has 0 aliphatic rings. The van der Waals surface area contributed by atoms with E-state index in [0.29, 0.717) is 17.9 Å². The lowest BCUT2D eigenvalue weighted by molar-refractivity contribution is 0.0525. The van der Waals surface area contributed by atoms with E-state index >= 15 is 0 Å². The Bertz CT molecular complexity index is 321. The van der Waals surface area contributed by atoms with Gasteiger partial charge in [0.1, 0.15) is 0 Å². The Labute approximate surface area is 77.5 Å². The summed E-state index contributed by atoms with van der Waals surface area (Å²) >= 11 is 0. The van der Waals surface area contributed by atoms with Crippen LogP contribution < -0.4 is 5.73 Å². The first-order valence-corrected chi connectivity index (χ1v) is 4.18. The molecular formula is C10H13NO2. The van der Waals surface area contributed by atoms with E-state index in [2.05, 4.69) is 0 Å². The van der Waals surface area contributed by atoms with Crippen molar-refractivity contribution in [2.45, 2.75) is 13.8 Å². The van der Waals surface area contributed by atoms with E-state index in [1.807, 2.05) is 13.0 Å². The summed E-state index contributed by atoms with van der Waals surface area (Å²) in [6, 6.07) is 5.20. The minimum Gasteiger partial charge on any atom is -0.462 e. The van der Waals surface area contributed by atoms with Crippen molar-refractivity contribution in [3.05, 3.63) is 29.3 Å². The third-order valence-corrected chi connectivity index (χ3v) is 1.76. The molecule has 0 aliphatic heterocycles. The van der Waals surface area contributed by atoms with E-state index < -0.39 is 0 Å². The van der Waals surface area contributed by atoms with Crippen LogP contribution in [-0.4, -0.2) is 12.6 Å². The maximum atomic E-state index is 11.3. The third-order valence-electron chi connectivity index (χ3n) is 1.76. The fourth-order valence-electron chi connectivity index (χ4n) is 1.07. The first kappa shape index (κ1) is 9.58. The molecule has 0 amide bonds. The number of carbonyl (C=O) groups is 1. The predicted molar refractivity (Wildman–Crippen MR) is 51.5 cm³/mol. The number of ether oxygens (including phenoxy) is 1. The van der Waals surface area contributed by atoms with Gasteiger partial charge in [-0.3, -0.25) is 0 Å². The van der Waals surface area contributed by atoms with Gasteiger partial charge in [-0.15, -0.1) is 0 Å². The topological polar surface area (TPSA) is 52.3 Å². The van der Waals surface area contributed by atoms with Crippen molar-refractivity contribution in [1.29, 1.82) is 0 Å². The van der Waals surface area contributed by atoms with Gasteiger partial charge in [0.25, 0.3) is 0 Å². The quantitative estimate of drug-likeness (QED) is 0.556. The molecule has 70 valence electrons. The SMILES string of the molecule is CCOC(=O)c1cc(N)ccc1C. The van der Waals surface area contributed by atoms with Crippen molar-refractivity contribution in [3.63, 3.8) is 0 Å². The monoisotopic (exact) mass is 179 g/mol. The lowest BCUT2D eigenvalue weighted by Crippen LogP contribution is -2.07. The van der Waals surface area contributed by atoms with Gasteiger partial charge in [-0.25, -0.2) is 4.79 Å². The zero-order valence-corrected chi connectivity index (χ0v) is 7.83. The molecule has 0 bridgehead atoms. The number of benzene rings is 1. The van der Waals surface area contributed by atoms with Crippen LogP contribution >= 0.6 is 0 Å². The van der Waals surface area contributed by atoms with Crippen LogP contribution in [0.1, 0.15) is 22.8 Å². The second-order valence-corrected chi connectivity index (χ2v) is 2.79. The second kappa shape index (κ2) is 3.94. The fourth-order valence-corrected chi connectivity index (χ4v) is 1.07. The largest absolute Gasteiger partial charge is 0.462 e. The van der Waals surface area contributed by atoms with Crippen molar-refractivity contribution in [2.75, 3.05) is 12.3 Å². The van der Waals surface area contributed by atoms with Gasteiger partial charge >= 0.3 is 5.97 Å². The molecule has 0 saturated carbocycles. The molecule has 3 heteroatoms. The summed E-state index contributed by atoms with van der Waals surface area (Å²) in [5.74, 6) is -0.313. The number of nitrogen functional groups attached to an aromatic ring is 1. The van der Waals surface area contributed by atoms with Gasteiger partial charge in [0.15, 0.2) is 0 Å². The van der Waals surface area contributed by atoms with Crippen LogP contribution in [0.5, 0.6) is 0 Å². The molecule has 1 aromatic carbocycles. The number of nitrogens with two attached hydrogens (primary N) is 1. The first-order chi connectivity index (χ1) is 6.15. The summed E-state index contributed by atoms with van der Waals surface area (Å²) in [5.41, 5.74) is 7.56. The molecular weight excluding hydrogens is 166 g/mol. The molecule has 1 rings (SSSR count). The smallest absolute Gasteiger partial charge is 0.338 e. The molecule has 0 spiro atoms. The van der Waals surface area contributed by atoms with Crippen molar-refractivity contribution >= 4 is 11.7 Å². The molecule has 2 N–H and O–H groups in total. The number of aryl methyl sites for hydroxylation is 1. The first-order valence-electron chi connectivity index (χ1n) is 4.18. The molecule has 1 aromatic rings. The molecule has 3 nitrogen and oxygen atoms in total. The van der Waals surface area contributed by atoms with E-state index in [1.165, 1.54) is 0 Å². The molecule has 13 heavy (non-hydrogen) atoms. The van der Waals surface area contributed by atoms with Gasteiger partial charge in [0.2, 0.25) is 0 Å². The molecule has 0 saturated heterocycles. The lowest BCUT2D eigenvalue weighted by atomic mass is 10.1. The van der Waals surface area contributed by atoms with Gasteiger partial charge in [-0.1, -0.05) is 6.07 Å². The highest BCUT2D eigenvalue weighted by Gasteiger charge is 2.09. The van der Waals surface area contributed by atoms with E-state index in [4.69, 9.17) is 10.5 Å². The average Bonchev–Trinajstić information content (AvgIpc) is 2.09. The Hall–Kier alpha value is -1.51. The highest BCUT2D eigenvalue weighted by atomic mass is 16.5. The number of anilines is 1. The summed E-state index contributed by atoms with van der Waals surface area (Å²) in [6.45, 7) is 4.01. The summed E-state index contributed by atoms with van der Waals surface area (Å²) in [7, 11) is 0. The number of rotatable bonds is 2. The van der Waals surface area contributed by atoms with Crippen LogP contribution in [0.4, 0.5) is 5.69 Å². The highest BCUT2D eigenvalue weighted by molar-refractivity contribution is 5.92. The van der Waals surface area contributed by atoms with Gasteiger partial charge in [-0.05, 0) is 31.5 Å². The van der Waals surface area contributed by atoms with Crippen molar-refractivity contribution in [3.8, 4) is 0 Å². The Morgan fingerprint density at radius 2 is 2.23 bits per heavy atom. The van der Waals surface area contributed by atoms with Crippen LogP contribution in [0, 0.1) is 6.92 Å². The van der Waals surface area contributed by atoms with Gasteiger partial charge < -0.3 is 10.5 Å².